The molecule has 4 heteroatoms. The first-order valence-corrected chi connectivity index (χ1v) is 6.38. The SMILES string of the molecule is CC(C)(N)C(=O)Nc1cccc(Oc2ccccc2)c1. The van der Waals surface area contributed by atoms with Crippen LogP contribution in [0.2, 0.25) is 0 Å². The number of rotatable bonds is 4. The van der Waals surface area contributed by atoms with E-state index in [9.17, 15) is 4.79 Å². The molecule has 0 bridgehead atoms. The number of benzene rings is 2. The van der Waals surface area contributed by atoms with Gasteiger partial charge in [-0.25, -0.2) is 0 Å². The molecule has 3 N–H and O–H groups in total. The van der Waals surface area contributed by atoms with Crippen LogP contribution in [0, 0.1) is 0 Å². The molecule has 0 saturated heterocycles. The summed E-state index contributed by atoms with van der Waals surface area (Å²) in [6.07, 6.45) is 0. The van der Waals surface area contributed by atoms with Gasteiger partial charge in [0, 0.05) is 11.8 Å². The van der Waals surface area contributed by atoms with Crippen LogP contribution in [0.4, 0.5) is 5.69 Å². The van der Waals surface area contributed by atoms with Gasteiger partial charge in [0.15, 0.2) is 0 Å². The number of hydrogen-bond acceptors (Lipinski definition) is 3. The van der Waals surface area contributed by atoms with Crippen molar-refractivity contribution >= 4 is 11.6 Å². The molecule has 0 unspecified atom stereocenters. The Bertz CT molecular complexity index is 589. The maximum absolute atomic E-state index is 11.8. The number of anilines is 1. The highest BCUT2D eigenvalue weighted by Crippen LogP contribution is 2.24. The third-order valence-electron chi connectivity index (χ3n) is 2.66. The first kappa shape index (κ1) is 14.1. The molecule has 0 saturated carbocycles. The Morgan fingerprint density at radius 3 is 2.35 bits per heavy atom. The highest BCUT2D eigenvalue weighted by atomic mass is 16.5. The summed E-state index contributed by atoms with van der Waals surface area (Å²) in [4.78, 5) is 11.8. The molecule has 2 aromatic rings. The number of nitrogens with one attached hydrogen (secondary N) is 1. The van der Waals surface area contributed by atoms with E-state index >= 15 is 0 Å². The van der Waals surface area contributed by atoms with Crippen molar-refractivity contribution in [2.75, 3.05) is 5.32 Å². The summed E-state index contributed by atoms with van der Waals surface area (Å²) in [5, 5.41) is 2.76. The minimum Gasteiger partial charge on any atom is -0.457 e. The van der Waals surface area contributed by atoms with Crippen molar-refractivity contribution < 1.29 is 9.53 Å². The number of amides is 1. The zero-order valence-corrected chi connectivity index (χ0v) is 11.6. The predicted molar refractivity (Wildman–Crippen MR) is 79.9 cm³/mol. The van der Waals surface area contributed by atoms with E-state index in [4.69, 9.17) is 10.5 Å². The zero-order chi connectivity index (χ0) is 14.6. The Balaban J connectivity index is 2.10. The number of carbonyl (C=O) groups excluding carboxylic acids is 1. The number of carbonyl (C=O) groups is 1. The second-order valence-electron chi connectivity index (χ2n) is 5.12. The monoisotopic (exact) mass is 270 g/mol. The predicted octanol–water partition coefficient (Wildman–Crippen LogP) is 3.15. The highest BCUT2D eigenvalue weighted by Gasteiger charge is 2.21. The second kappa shape index (κ2) is 5.75. The Morgan fingerprint density at radius 1 is 1.05 bits per heavy atom. The van der Waals surface area contributed by atoms with Crippen LogP contribution in [-0.2, 0) is 4.79 Å². The van der Waals surface area contributed by atoms with Crippen LogP contribution in [0.1, 0.15) is 13.8 Å². The lowest BCUT2D eigenvalue weighted by molar-refractivity contribution is -0.120. The molecule has 0 aliphatic heterocycles. The first-order chi connectivity index (χ1) is 9.45. The number of ether oxygens (including phenoxy) is 1. The fourth-order valence-corrected chi connectivity index (χ4v) is 1.55. The van der Waals surface area contributed by atoms with Gasteiger partial charge >= 0.3 is 0 Å². The van der Waals surface area contributed by atoms with Gasteiger partial charge in [0.25, 0.3) is 0 Å². The van der Waals surface area contributed by atoms with Crippen LogP contribution in [0.25, 0.3) is 0 Å². The largest absolute Gasteiger partial charge is 0.457 e. The summed E-state index contributed by atoms with van der Waals surface area (Å²) in [6, 6.07) is 16.7. The first-order valence-electron chi connectivity index (χ1n) is 6.38. The molecule has 0 aliphatic carbocycles. The Labute approximate surface area is 118 Å². The Kier molecular flexibility index (Phi) is 4.05. The molecule has 2 rings (SSSR count). The second-order valence-corrected chi connectivity index (χ2v) is 5.12. The molecule has 0 radical (unpaired) electrons. The van der Waals surface area contributed by atoms with E-state index in [1.807, 2.05) is 42.5 Å². The standard InChI is InChI=1S/C16H18N2O2/c1-16(2,17)15(19)18-12-7-6-10-14(11-12)20-13-8-4-3-5-9-13/h3-11H,17H2,1-2H3,(H,18,19). The summed E-state index contributed by atoms with van der Waals surface area (Å²) in [5.74, 6) is 1.16. The molecule has 0 atom stereocenters. The van der Waals surface area contributed by atoms with Crippen molar-refractivity contribution in [3.63, 3.8) is 0 Å². The van der Waals surface area contributed by atoms with Crippen molar-refractivity contribution in [2.45, 2.75) is 19.4 Å². The Morgan fingerprint density at radius 2 is 1.70 bits per heavy atom. The molecule has 0 aliphatic rings. The third-order valence-corrected chi connectivity index (χ3v) is 2.66. The van der Waals surface area contributed by atoms with Crippen LogP contribution >= 0.6 is 0 Å². The minimum absolute atomic E-state index is 0.241. The number of nitrogens with two attached hydrogens (primary N) is 1. The minimum atomic E-state index is -0.920. The van der Waals surface area contributed by atoms with Crippen LogP contribution in [-0.4, -0.2) is 11.4 Å². The molecule has 0 fully saturated rings. The van der Waals surface area contributed by atoms with Gasteiger partial charge in [-0.2, -0.15) is 0 Å². The lowest BCUT2D eigenvalue weighted by Gasteiger charge is -2.18. The molecule has 1 amide bonds. The van der Waals surface area contributed by atoms with Crippen LogP contribution < -0.4 is 15.8 Å². The molecule has 4 nitrogen and oxygen atoms in total. The van der Waals surface area contributed by atoms with Gasteiger partial charge in [-0.1, -0.05) is 24.3 Å². The quantitative estimate of drug-likeness (QED) is 0.897. The lowest BCUT2D eigenvalue weighted by Crippen LogP contribution is -2.45. The summed E-state index contributed by atoms with van der Waals surface area (Å²) >= 11 is 0. The van der Waals surface area contributed by atoms with E-state index in [2.05, 4.69) is 5.32 Å². The summed E-state index contributed by atoms with van der Waals surface area (Å²) < 4.78 is 5.70. The number of para-hydroxylation sites is 1. The lowest BCUT2D eigenvalue weighted by atomic mass is 10.1. The maximum atomic E-state index is 11.8. The topological polar surface area (TPSA) is 64.4 Å². The van der Waals surface area contributed by atoms with Gasteiger partial charge in [0.2, 0.25) is 5.91 Å². The van der Waals surface area contributed by atoms with Crippen LogP contribution in [0.3, 0.4) is 0 Å². The van der Waals surface area contributed by atoms with Gasteiger partial charge < -0.3 is 15.8 Å². The molecule has 0 heterocycles. The summed E-state index contributed by atoms with van der Waals surface area (Å²) in [5.41, 5.74) is 5.48. The van der Waals surface area contributed by atoms with E-state index < -0.39 is 5.54 Å². The molecule has 20 heavy (non-hydrogen) atoms. The van der Waals surface area contributed by atoms with Gasteiger partial charge in [0.05, 0.1) is 5.54 Å². The van der Waals surface area contributed by atoms with E-state index in [1.54, 1.807) is 26.0 Å². The van der Waals surface area contributed by atoms with Crippen LogP contribution in [0.5, 0.6) is 11.5 Å². The molecule has 2 aromatic carbocycles. The van der Waals surface area contributed by atoms with Crippen molar-refractivity contribution in [3.8, 4) is 11.5 Å². The molecule has 104 valence electrons. The summed E-state index contributed by atoms with van der Waals surface area (Å²) in [6.45, 7) is 3.32. The van der Waals surface area contributed by atoms with Crippen molar-refractivity contribution in [2.24, 2.45) is 5.73 Å². The molecule has 0 spiro atoms. The van der Waals surface area contributed by atoms with E-state index in [1.165, 1.54) is 0 Å². The smallest absolute Gasteiger partial charge is 0.243 e. The Hall–Kier alpha value is -2.33. The zero-order valence-electron chi connectivity index (χ0n) is 11.6. The van der Waals surface area contributed by atoms with Crippen LogP contribution in [0.15, 0.2) is 54.6 Å². The van der Waals surface area contributed by atoms with Crippen molar-refractivity contribution in [1.29, 1.82) is 0 Å². The third kappa shape index (κ3) is 3.83. The fourth-order valence-electron chi connectivity index (χ4n) is 1.55. The average Bonchev–Trinajstić information content (AvgIpc) is 2.39. The van der Waals surface area contributed by atoms with E-state index in [-0.39, 0.29) is 5.91 Å². The van der Waals surface area contributed by atoms with Crippen molar-refractivity contribution in [3.05, 3.63) is 54.6 Å². The van der Waals surface area contributed by atoms with Crippen molar-refractivity contribution in [1.82, 2.24) is 0 Å². The van der Waals surface area contributed by atoms with Gasteiger partial charge in [-0.3, -0.25) is 4.79 Å². The fraction of sp³-hybridized carbons (Fsp3) is 0.188. The normalized spacial score (nSPS) is 10.9. The van der Waals surface area contributed by atoms with E-state index in [0.29, 0.717) is 11.4 Å². The molecular formula is C16H18N2O2. The van der Waals surface area contributed by atoms with E-state index in [0.717, 1.165) is 5.75 Å². The molecular weight excluding hydrogens is 252 g/mol. The average molecular weight is 270 g/mol. The maximum Gasteiger partial charge on any atom is 0.243 e. The summed E-state index contributed by atoms with van der Waals surface area (Å²) in [7, 11) is 0. The van der Waals surface area contributed by atoms with Gasteiger partial charge in [-0.05, 0) is 38.1 Å². The molecule has 0 aromatic heterocycles. The van der Waals surface area contributed by atoms with Gasteiger partial charge in [-0.15, -0.1) is 0 Å². The van der Waals surface area contributed by atoms with Gasteiger partial charge in [0.1, 0.15) is 11.5 Å². The highest BCUT2D eigenvalue weighted by molar-refractivity contribution is 5.97. The number of hydrogen-bond donors (Lipinski definition) is 2.